The van der Waals surface area contributed by atoms with Crippen LogP contribution in [-0.4, -0.2) is 26.5 Å². The number of nitrogens with zero attached hydrogens (tertiary/aromatic N) is 5. The number of aromatic nitrogens is 4. The van der Waals surface area contributed by atoms with Crippen molar-refractivity contribution in [1.29, 1.82) is 0 Å². The van der Waals surface area contributed by atoms with Gasteiger partial charge in [-0.3, -0.25) is 0 Å². The third-order valence-electron chi connectivity index (χ3n) is 7.43. The maximum atomic E-state index is 14.0. The van der Waals surface area contributed by atoms with Crippen molar-refractivity contribution in [3.8, 4) is 0 Å². The molecule has 0 radical (unpaired) electrons. The van der Waals surface area contributed by atoms with E-state index in [1.165, 1.54) is 20.0 Å². The quantitative estimate of drug-likeness (QED) is 0.210. The Labute approximate surface area is 234 Å². The highest BCUT2D eigenvalue weighted by molar-refractivity contribution is 5.71. The molecule has 0 unspecified atom stereocenters. The molecular weight excluding hydrogens is 581 g/mol. The maximum Gasteiger partial charge on any atom is 0.416 e. The van der Waals surface area contributed by atoms with Gasteiger partial charge in [0.25, 0.3) is 5.95 Å². The minimum Gasteiger partial charge on any atom is -0.330 e. The van der Waals surface area contributed by atoms with Crippen LogP contribution in [-0.2, 0) is 48.9 Å². The molecule has 1 aliphatic carbocycles. The first-order valence-electron chi connectivity index (χ1n) is 12.9. The van der Waals surface area contributed by atoms with Crippen LogP contribution in [0.4, 0.5) is 45.5 Å². The number of rotatable bonds is 7. The number of carbonyl (C=O) groups is 1. The summed E-state index contributed by atoms with van der Waals surface area (Å²) >= 11 is 0. The molecule has 3 aromatic rings. The fourth-order valence-corrected chi connectivity index (χ4v) is 5.42. The molecule has 0 amide bonds. The number of tetrazole rings is 1. The maximum absolute atomic E-state index is 14.0. The Morgan fingerprint density at radius 1 is 0.857 bits per heavy atom. The zero-order chi connectivity index (χ0) is 31.1. The lowest BCUT2D eigenvalue weighted by Gasteiger charge is -2.36. The minimum atomic E-state index is -5.10. The van der Waals surface area contributed by atoms with E-state index in [0.717, 1.165) is 22.2 Å². The SMILES string of the molecule is Cc1cc(C2(C=O)CCCCC2)c(CN(Cc2cc(C(F)(F)F)cc(C(F)(F)F)c2)c2nnn(C)n2)cc1C(F)(F)F. The Bertz CT molecular complexity index is 1400. The second-order valence-electron chi connectivity index (χ2n) is 10.5. The summed E-state index contributed by atoms with van der Waals surface area (Å²) in [5.74, 6) is -0.243. The first-order chi connectivity index (χ1) is 19.4. The molecule has 4 rings (SSSR count). The summed E-state index contributed by atoms with van der Waals surface area (Å²) < 4.78 is 123. The number of halogens is 9. The van der Waals surface area contributed by atoms with Gasteiger partial charge in [0.2, 0.25) is 0 Å². The predicted molar refractivity (Wildman–Crippen MR) is 132 cm³/mol. The van der Waals surface area contributed by atoms with Crippen LogP contribution in [0.15, 0.2) is 30.3 Å². The van der Waals surface area contributed by atoms with Crippen molar-refractivity contribution in [2.75, 3.05) is 4.90 Å². The standard InChI is InChI=1S/C27H26F9N5O/c1-16-8-22(24(15-42)6-4-3-5-7-24)18(11-21(16)27(34,35)36)14-41(23-37-39-40(2)38-23)13-17-9-19(25(28,29)30)12-20(10-17)26(31,32)33/h8-12,15H,3-7,13-14H2,1-2H3. The van der Waals surface area contributed by atoms with Gasteiger partial charge in [-0.25, -0.2) is 0 Å². The highest BCUT2D eigenvalue weighted by atomic mass is 19.4. The summed E-state index contributed by atoms with van der Waals surface area (Å²) in [6, 6.07) is 3.22. The summed E-state index contributed by atoms with van der Waals surface area (Å²) in [5.41, 5.74) is -5.39. The lowest BCUT2D eigenvalue weighted by atomic mass is 9.68. The highest BCUT2D eigenvalue weighted by Gasteiger charge is 2.40. The second-order valence-corrected chi connectivity index (χ2v) is 10.5. The topological polar surface area (TPSA) is 63.9 Å². The van der Waals surface area contributed by atoms with E-state index in [1.807, 2.05) is 0 Å². The van der Waals surface area contributed by atoms with Gasteiger partial charge in [0.15, 0.2) is 0 Å². The van der Waals surface area contributed by atoms with E-state index in [1.54, 1.807) is 0 Å². The molecule has 1 fully saturated rings. The molecule has 0 saturated heterocycles. The van der Waals surface area contributed by atoms with E-state index in [4.69, 9.17) is 0 Å². The van der Waals surface area contributed by atoms with Crippen LogP contribution in [0.5, 0.6) is 0 Å². The van der Waals surface area contributed by atoms with Crippen molar-refractivity contribution in [2.24, 2.45) is 7.05 Å². The Kier molecular flexibility index (Phi) is 8.35. The number of hydrogen-bond acceptors (Lipinski definition) is 5. The van der Waals surface area contributed by atoms with Crippen LogP contribution in [0.25, 0.3) is 0 Å². The van der Waals surface area contributed by atoms with Gasteiger partial charge in [0, 0.05) is 13.1 Å². The second kappa shape index (κ2) is 11.2. The summed E-state index contributed by atoms with van der Waals surface area (Å²) in [7, 11) is 1.36. The molecule has 0 N–H and O–H groups in total. The van der Waals surface area contributed by atoms with E-state index in [0.29, 0.717) is 49.7 Å². The van der Waals surface area contributed by atoms with Crippen molar-refractivity contribution >= 4 is 12.2 Å². The van der Waals surface area contributed by atoms with Gasteiger partial charge < -0.3 is 9.69 Å². The number of aryl methyl sites for hydroxylation is 2. The molecule has 1 saturated carbocycles. The molecule has 0 aliphatic heterocycles. The molecule has 1 aromatic heterocycles. The third-order valence-corrected chi connectivity index (χ3v) is 7.43. The first-order valence-corrected chi connectivity index (χ1v) is 12.9. The third kappa shape index (κ3) is 6.70. The van der Waals surface area contributed by atoms with Crippen LogP contribution in [0.2, 0.25) is 0 Å². The summed E-state index contributed by atoms with van der Waals surface area (Å²) in [4.78, 5) is 14.6. The van der Waals surface area contributed by atoms with E-state index < -0.39 is 59.3 Å². The monoisotopic (exact) mass is 607 g/mol. The molecule has 2 aromatic carbocycles. The Hall–Kier alpha value is -3.65. The van der Waals surface area contributed by atoms with E-state index >= 15 is 0 Å². The zero-order valence-corrected chi connectivity index (χ0v) is 22.5. The fraction of sp³-hybridized carbons (Fsp3) is 0.481. The van der Waals surface area contributed by atoms with Crippen molar-refractivity contribution in [1.82, 2.24) is 20.2 Å². The largest absolute Gasteiger partial charge is 0.416 e. The van der Waals surface area contributed by atoms with Gasteiger partial charge in [-0.05, 0) is 71.5 Å². The fourth-order valence-electron chi connectivity index (χ4n) is 5.42. The van der Waals surface area contributed by atoms with Crippen molar-refractivity contribution < 1.29 is 44.3 Å². The Morgan fingerprint density at radius 2 is 1.45 bits per heavy atom. The average Bonchev–Trinajstić information content (AvgIpc) is 3.33. The molecule has 228 valence electrons. The molecule has 15 heteroatoms. The molecular formula is C27H26F9N5O. The van der Waals surface area contributed by atoms with Crippen LogP contribution in [0, 0.1) is 6.92 Å². The van der Waals surface area contributed by atoms with E-state index in [-0.39, 0.29) is 23.1 Å². The molecule has 1 heterocycles. The summed E-state index contributed by atoms with van der Waals surface area (Å²) in [6.07, 6.45) is -11.4. The van der Waals surface area contributed by atoms with Gasteiger partial charge in [-0.1, -0.05) is 30.4 Å². The van der Waals surface area contributed by atoms with Gasteiger partial charge in [-0.15, -0.1) is 5.10 Å². The number of anilines is 1. The average molecular weight is 608 g/mol. The van der Waals surface area contributed by atoms with E-state index in [2.05, 4.69) is 15.4 Å². The van der Waals surface area contributed by atoms with Gasteiger partial charge in [0.1, 0.15) is 6.29 Å². The summed E-state index contributed by atoms with van der Waals surface area (Å²) in [5, 5.41) is 11.5. The van der Waals surface area contributed by atoms with Crippen molar-refractivity contribution in [2.45, 2.75) is 76.1 Å². The minimum absolute atomic E-state index is 0.0149. The molecule has 0 spiro atoms. The molecule has 1 aliphatic rings. The first kappa shape index (κ1) is 31.3. The predicted octanol–water partition coefficient (Wildman–Crippen LogP) is 7.18. The smallest absolute Gasteiger partial charge is 0.330 e. The molecule has 0 atom stereocenters. The number of aldehydes is 1. The molecule has 6 nitrogen and oxygen atoms in total. The van der Waals surface area contributed by atoms with Crippen molar-refractivity contribution in [3.63, 3.8) is 0 Å². The van der Waals surface area contributed by atoms with Crippen LogP contribution >= 0.6 is 0 Å². The zero-order valence-electron chi connectivity index (χ0n) is 22.5. The number of alkyl halides is 9. The van der Waals surface area contributed by atoms with Crippen LogP contribution in [0.3, 0.4) is 0 Å². The normalized spacial score (nSPS) is 16.0. The Morgan fingerprint density at radius 3 is 1.93 bits per heavy atom. The number of carbonyl (C=O) groups excluding carboxylic acids is 1. The van der Waals surface area contributed by atoms with Gasteiger partial charge >= 0.3 is 18.5 Å². The highest BCUT2D eigenvalue weighted by Crippen LogP contribution is 2.43. The van der Waals surface area contributed by atoms with E-state index in [9.17, 15) is 44.3 Å². The number of benzene rings is 2. The number of hydrogen-bond donors (Lipinski definition) is 0. The van der Waals surface area contributed by atoms with Gasteiger partial charge in [-0.2, -0.15) is 44.3 Å². The summed E-state index contributed by atoms with van der Waals surface area (Å²) in [6.45, 7) is 0.166. The Balaban J connectivity index is 1.88. The van der Waals surface area contributed by atoms with Crippen LogP contribution in [0.1, 0.15) is 71.0 Å². The lowest BCUT2D eigenvalue weighted by Crippen LogP contribution is -2.34. The van der Waals surface area contributed by atoms with Crippen LogP contribution < -0.4 is 4.90 Å². The lowest BCUT2D eigenvalue weighted by molar-refractivity contribution is -0.143. The van der Waals surface area contributed by atoms with Crippen molar-refractivity contribution in [3.05, 3.63) is 69.3 Å². The van der Waals surface area contributed by atoms with Gasteiger partial charge in [0.05, 0.1) is 29.2 Å². The molecule has 0 bridgehead atoms. The molecule has 42 heavy (non-hydrogen) atoms.